The number of hydrogen-bond donors (Lipinski definition) is 3. The molecule has 0 aliphatic heterocycles. The van der Waals surface area contributed by atoms with Crippen LogP contribution in [0.5, 0.6) is 0 Å². The SMILES string of the molecule is CNC(=O)NC(=O)[C@@H](C)OC(=O)CCc1nc2sc3c(c2c(=O)[nH]1)CCCC3. The molecule has 0 bridgehead atoms. The number of imide groups is 1. The molecule has 3 N–H and O–H groups in total. The van der Waals surface area contributed by atoms with Crippen molar-refractivity contribution in [2.45, 2.75) is 51.6 Å². The third-order valence-corrected chi connectivity index (χ3v) is 5.77. The minimum absolute atomic E-state index is 0.0445. The third kappa shape index (κ3) is 4.38. The van der Waals surface area contributed by atoms with Gasteiger partial charge in [0.15, 0.2) is 6.10 Å². The van der Waals surface area contributed by atoms with Crippen LogP contribution in [0.3, 0.4) is 0 Å². The predicted octanol–water partition coefficient (Wildman–Crippen LogP) is 1.18. The van der Waals surface area contributed by atoms with Crippen LogP contribution in [0.25, 0.3) is 10.2 Å². The maximum Gasteiger partial charge on any atom is 0.321 e. The van der Waals surface area contributed by atoms with Gasteiger partial charge in [-0.1, -0.05) is 0 Å². The van der Waals surface area contributed by atoms with Gasteiger partial charge < -0.3 is 15.0 Å². The molecule has 0 radical (unpaired) electrons. The minimum Gasteiger partial charge on any atom is -0.453 e. The fourth-order valence-electron chi connectivity index (χ4n) is 3.13. The lowest BCUT2D eigenvalue weighted by Gasteiger charge is -2.12. The number of nitrogens with one attached hydrogen (secondary N) is 3. The van der Waals surface area contributed by atoms with Crippen LogP contribution in [0.1, 0.15) is 42.5 Å². The number of urea groups is 1. The van der Waals surface area contributed by atoms with E-state index in [1.165, 1.54) is 18.8 Å². The molecule has 1 atom stereocenters. The van der Waals surface area contributed by atoms with E-state index in [0.29, 0.717) is 16.0 Å². The van der Waals surface area contributed by atoms with Crippen LogP contribution in [-0.4, -0.2) is 41.0 Å². The molecule has 2 heterocycles. The molecule has 9 nitrogen and oxygen atoms in total. The number of thiophene rings is 1. The topological polar surface area (TPSA) is 130 Å². The molecular weight excluding hydrogens is 384 g/mol. The maximum atomic E-state index is 12.5. The molecule has 0 spiro atoms. The van der Waals surface area contributed by atoms with E-state index in [4.69, 9.17) is 4.74 Å². The molecule has 2 aromatic heterocycles. The van der Waals surface area contributed by atoms with Crippen molar-refractivity contribution in [3.63, 3.8) is 0 Å². The minimum atomic E-state index is -1.11. The number of hydrogen-bond acceptors (Lipinski definition) is 7. The monoisotopic (exact) mass is 406 g/mol. The van der Waals surface area contributed by atoms with Crippen LogP contribution in [-0.2, 0) is 33.6 Å². The highest BCUT2D eigenvalue weighted by atomic mass is 32.1. The Hall–Kier alpha value is -2.75. The largest absolute Gasteiger partial charge is 0.453 e. The van der Waals surface area contributed by atoms with Gasteiger partial charge in [0.1, 0.15) is 10.7 Å². The summed E-state index contributed by atoms with van der Waals surface area (Å²) in [5.41, 5.74) is 0.938. The Balaban J connectivity index is 1.62. The lowest BCUT2D eigenvalue weighted by Crippen LogP contribution is -2.43. The molecule has 0 saturated carbocycles. The molecule has 0 aromatic carbocycles. The predicted molar refractivity (Wildman–Crippen MR) is 103 cm³/mol. The summed E-state index contributed by atoms with van der Waals surface area (Å²) >= 11 is 1.55. The number of fused-ring (bicyclic) bond motifs is 3. The van der Waals surface area contributed by atoms with Gasteiger partial charge in [-0.25, -0.2) is 9.78 Å². The van der Waals surface area contributed by atoms with Gasteiger partial charge in [-0.3, -0.25) is 19.7 Å². The summed E-state index contributed by atoms with van der Waals surface area (Å²) < 4.78 is 5.02. The average Bonchev–Trinajstić information content (AvgIpc) is 3.04. The molecule has 0 saturated heterocycles. The van der Waals surface area contributed by atoms with E-state index in [2.05, 4.69) is 15.3 Å². The summed E-state index contributed by atoms with van der Waals surface area (Å²) in [5.74, 6) is -0.923. The second-order valence-corrected chi connectivity index (χ2v) is 7.69. The normalized spacial score (nSPS) is 14.2. The van der Waals surface area contributed by atoms with E-state index in [1.54, 1.807) is 11.3 Å². The molecule has 2 aromatic rings. The van der Waals surface area contributed by atoms with Gasteiger partial charge in [0, 0.05) is 18.3 Å². The first-order chi connectivity index (χ1) is 13.4. The first-order valence-corrected chi connectivity index (χ1v) is 9.96. The Morgan fingerprint density at radius 3 is 2.79 bits per heavy atom. The lowest BCUT2D eigenvalue weighted by molar-refractivity contribution is -0.154. The molecule has 1 aliphatic rings. The third-order valence-electron chi connectivity index (χ3n) is 4.58. The summed E-state index contributed by atoms with van der Waals surface area (Å²) in [6, 6.07) is -0.679. The van der Waals surface area contributed by atoms with E-state index >= 15 is 0 Å². The molecule has 10 heteroatoms. The zero-order valence-electron chi connectivity index (χ0n) is 15.7. The first-order valence-electron chi connectivity index (χ1n) is 9.14. The number of aryl methyl sites for hydroxylation is 3. The number of aromatic amines is 1. The molecule has 3 amide bonds. The van der Waals surface area contributed by atoms with Crippen LogP contribution >= 0.6 is 11.3 Å². The highest BCUT2D eigenvalue weighted by molar-refractivity contribution is 7.18. The molecule has 0 unspecified atom stereocenters. The van der Waals surface area contributed by atoms with Crippen molar-refractivity contribution >= 4 is 39.5 Å². The van der Waals surface area contributed by atoms with Crippen LogP contribution in [0.2, 0.25) is 0 Å². The second kappa shape index (κ2) is 8.51. The zero-order valence-corrected chi connectivity index (χ0v) is 16.5. The summed E-state index contributed by atoms with van der Waals surface area (Å²) in [5, 5.41) is 4.94. The van der Waals surface area contributed by atoms with Crippen molar-refractivity contribution in [3.8, 4) is 0 Å². The Morgan fingerprint density at radius 2 is 2.04 bits per heavy atom. The van der Waals surface area contributed by atoms with Gasteiger partial charge in [-0.15, -0.1) is 11.3 Å². The van der Waals surface area contributed by atoms with Crippen molar-refractivity contribution in [1.29, 1.82) is 0 Å². The molecular formula is C18H22N4O5S. The van der Waals surface area contributed by atoms with E-state index in [-0.39, 0.29) is 18.4 Å². The summed E-state index contributed by atoms with van der Waals surface area (Å²) in [6.45, 7) is 1.37. The van der Waals surface area contributed by atoms with Crippen molar-refractivity contribution in [1.82, 2.24) is 20.6 Å². The number of carbonyl (C=O) groups excluding carboxylic acids is 3. The van der Waals surface area contributed by atoms with Crippen molar-refractivity contribution in [3.05, 3.63) is 26.6 Å². The average molecular weight is 406 g/mol. The van der Waals surface area contributed by atoms with E-state index in [1.807, 2.05) is 5.32 Å². The van der Waals surface area contributed by atoms with E-state index in [9.17, 15) is 19.2 Å². The van der Waals surface area contributed by atoms with Crippen LogP contribution in [0, 0.1) is 0 Å². The van der Waals surface area contributed by atoms with Crippen molar-refractivity contribution in [2.24, 2.45) is 0 Å². The Kier molecular flexibility index (Phi) is 6.08. The molecule has 1 aliphatic carbocycles. The highest BCUT2D eigenvalue weighted by Gasteiger charge is 2.21. The molecule has 28 heavy (non-hydrogen) atoms. The smallest absolute Gasteiger partial charge is 0.321 e. The first kappa shape index (κ1) is 20.0. The summed E-state index contributed by atoms with van der Waals surface area (Å²) in [6.07, 6.45) is 3.13. The maximum absolute atomic E-state index is 12.5. The number of aromatic nitrogens is 2. The number of rotatable bonds is 5. The quantitative estimate of drug-likeness (QED) is 0.639. The van der Waals surface area contributed by atoms with Crippen LogP contribution < -0.4 is 16.2 Å². The molecule has 150 valence electrons. The highest BCUT2D eigenvalue weighted by Crippen LogP contribution is 2.33. The van der Waals surface area contributed by atoms with Crippen molar-refractivity contribution in [2.75, 3.05) is 7.05 Å². The van der Waals surface area contributed by atoms with Gasteiger partial charge >= 0.3 is 12.0 Å². The van der Waals surface area contributed by atoms with Gasteiger partial charge in [-0.2, -0.15) is 0 Å². The zero-order chi connectivity index (χ0) is 20.3. The fourth-order valence-corrected chi connectivity index (χ4v) is 4.41. The number of esters is 1. The van der Waals surface area contributed by atoms with Gasteiger partial charge in [0.2, 0.25) is 0 Å². The van der Waals surface area contributed by atoms with Crippen LogP contribution in [0.15, 0.2) is 4.79 Å². The fraction of sp³-hybridized carbons (Fsp3) is 0.500. The van der Waals surface area contributed by atoms with Gasteiger partial charge in [0.25, 0.3) is 11.5 Å². The summed E-state index contributed by atoms with van der Waals surface area (Å²) in [7, 11) is 1.37. The Bertz CT molecular complexity index is 980. The lowest BCUT2D eigenvalue weighted by atomic mass is 9.97. The summed E-state index contributed by atoms with van der Waals surface area (Å²) in [4.78, 5) is 56.5. The van der Waals surface area contributed by atoms with Crippen molar-refractivity contribution < 1.29 is 19.1 Å². The van der Waals surface area contributed by atoms with Gasteiger partial charge in [-0.05, 0) is 38.2 Å². The molecule has 0 fully saturated rings. The number of nitrogens with zero attached hydrogens (tertiary/aromatic N) is 1. The molecule has 3 rings (SSSR count). The van der Waals surface area contributed by atoms with E-state index < -0.39 is 24.0 Å². The Morgan fingerprint density at radius 1 is 1.29 bits per heavy atom. The number of amides is 3. The second-order valence-electron chi connectivity index (χ2n) is 6.60. The van der Waals surface area contributed by atoms with E-state index in [0.717, 1.165) is 31.2 Å². The van der Waals surface area contributed by atoms with Crippen LogP contribution in [0.4, 0.5) is 4.79 Å². The standard InChI is InChI=1S/C18H22N4O5S/c1-9(15(24)22-18(26)19-2)27-13(23)8-7-12-20-16(25)14-10-5-3-4-6-11(10)28-17(14)21-12/h9H,3-8H2,1-2H3,(H,20,21,25)(H2,19,22,24,26)/t9-/m1/s1. The Labute approximate surface area is 164 Å². The number of H-pyrrole nitrogens is 1. The van der Waals surface area contributed by atoms with Gasteiger partial charge in [0.05, 0.1) is 11.8 Å². The number of ether oxygens (including phenoxy) is 1. The number of carbonyl (C=O) groups is 3.